The van der Waals surface area contributed by atoms with E-state index in [0.717, 1.165) is 0 Å². The van der Waals surface area contributed by atoms with Gasteiger partial charge < -0.3 is 30.3 Å². The number of hydrogen-bond acceptors (Lipinski definition) is 7. The van der Waals surface area contributed by atoms with Gasteiger partial charge in [0.15, 0.2) is 5.78 Å². The van der Waals surface area contributed by atoms with Crippen molar-refractivity contribution >= 4 is 5.78 Å². The van der Waals surface area contributed by atoms with Gasteiger partial charge in [0, 0.05) is 68.2 Å². The third-order valence-corrected chi connectivity index (χ3v) is 8.88. The van der Waals surface area contributed by atoms with Gasteiger partial charge in [-0.1, -0.05) is 20.8 Å². The molecule has 4 aliphatic rings. The van der Waals surface area contributed by atoms with Gasteiger partial charge in [-0.25, -0.2) is 0 Å². The maximum atomic E-state index is 13.6. The predicted molar refractivity (Wildman–Crippen MR) is 99.1 cm³/mol. The monoisotopic (exact) mass is 623 g/mol. The first-order chi connectivity index (χ1) is 12.7. The number of ether oxygens (including phenoxy) is 1. The second-order valence-corrected chi connectivity index (χ2v) is 10.2. The molecule has 3 aliphatic carbocycles. The molecule has 0 spiro atoms. The van der Waals surface area contributed by atoms with Gasteiger partial charge in [-0.15, -0.1) is 0 Å². The molecule has 8 heteroatoms. The van der Waals surface area contributed by atoms with Crippen molar-refractivity contribution in [2.24, 2.45) is 22.7 Å². The van der Waals surface area contributed by atoms with Gasteiger partial charge in [-0.2, -0.15) is 0 Å². The van der Waals surface area contributed by atoms with Gasteiger partial charge in [0.05, 0.1) is 35.9 Å². The Morgan fingerprint density at radius 3 is 2.21 bits per heavy atom. The number of carbonyl (C=O) groups excluding carboxylic acids is 1. The summed E-state index contributed by atoms with van der Waals surface area (Å²) in [5.74, 6) is -2.05. The van der Waals surface area contributed by atoms with E-state index in [4.69, 9.17) is 4.74 Å². The van der Waals surface area contributed by atoms with E-state index in [9.17, 15) is 30.3 Å². The quantitative estimate of drug-likeness (QED) is 0.239. The Bertz CT molecular complexity index is 766. The largest absolute Gasteiger partial charge is 0.392 e. The summed E-state index contributed by atoms with van der Waals surface area (Å²) >= 11 is 0. The Kier molecular flexibility index (Phi) is 5.90. The van der Waals surface area contributed by atoms with Crippen molar-refractivity contribution in [3.8, 4) is 0 Å². The number of fused-ring (bicyclic) bond motifs is 5. The van der Waals surface area contributed by atoms with Crippen LogP contribution in [0.25, 0.3) is 0 Å². The fraction of sp³-hybridized carbons (Fsp3) is 0.857. The van der Waals surface area contributed by atoms with E-state index in [1.54, 1.807) is 34.6 Å². The van der Waals surface area contributed by atoms with Crippen LogP contribution in [0.15, 0.2) is 11.1 Å². The normalized spacial score (nSPS) is 53.7. The van der Waals surface area contributed by atoms with Gasteiger partial charge >= 0.3 is 0 Å². The summed E-state index contributed by atoms with van der Waals surface area (Å²) in [6.07, 6.45) is -4.20. The number of aliphatic hydroxyl groups excluding tert-OH is 3. The minimum Gasteiger partial charge on any atom is -0.392 e. The zero-order valence-corrected chi connectivity index (χ0v) is 22.5. The van der Waals surface area contributed by atoms with E-state index < -0.39 is 64.1 Å². The maximum Gasteiger partial charge on any atom is 0.174 e. The third-order valence-electron chi connectivity index (χ3n) is 8.88. The molecule has 1 unspecified atom stereocenters. The van der Waals surface area contributed by atoms with Gasteiger partial charge in [0.1, 0.15) is 11.7 Å². The SMILES string of the molecule is CC1=C2[C@@H](O)C(=O)[C@@]3(C)C([C@H](C)[C@](O)(C[C@@H]1O)C2(C)C)[C@]1(O)CO[C@@H]1C[C@@H]3O.[Ac]. The Morgan fingerprint density at radius 1 is 1.10 bits per heavy atom. The summed E-state index contributed by atoms with van der Waals surface area (Å²) < 4.78 is 5.49. The topological polar surface area (TPSA) is 127 Å². The molecule has 1 heterocycles. The molecule has 1 saturated heterocycles. The molecule has 4 rings (SSSR count). The number of carbonyl (C=O) groups is 1. The van der Waals surface area contributed by atoms with Crippen molar-refractivity contribution in [1.82, 2.24) is 0 Å². The van der Waals surface area contributed by atoms with Gasteiger partial charge in [0.2, 0.25) is 0 Å². The van der Waals surface area contributed by atoms with Crippen LogP contribution in [-0.2, 0) is 9.53 Å². The fourth-order valence-corrected chi connectivity index (χ4v) is 7.00. The minimum atomic E-state index is -1.58. The number of Topliss-reactive ketones (excluding diaryl/α,β-unsaturated/α-hetero) is 1. The van der Waals surface area contributed by atoms with Crippen LogP contribution < -0.4 is 0 Å². The molecule has 0 aromatic heterocycles. The molecular formula is C21H32AcO7. The molecule has 5 N–H and O–H groups in total. The molecule has 7 nitrogen and oxygen atoms in total. The minimum absolute atomic E-state index is 0. The number of rotatable bonds is 0. The molecule has 161 valence electrons. The van der Waals surface area contributed by atoms with Crippen LogP contribution in [0.4, 0.5) is 0 Å². The number of ketones is 1. The van der Waals surface area contributed by atoms with Gasteiger partial charge in [-0.3, -0.25) is 4.79 Å². The van der Waals surface area contributed by atoms with E-state index in [0.29, 0.717) is 11.1 Å². The van der Waals surface area contributed by atoms with Crippen LogP contribution in [0.1, 0.15) is 47.5 Å². The van der Waals surface area contributed by atoms with Crippen molar-refractivity contribution in [3.05, 3.63) is 11.1 Å². The molecular weight excluding hydrogens is 591 g/mol. The molecule has 29 heavy (non-hydrogen) atoms. The van der Waals surface area contributed by atoms with Crippen LogP contribution in [0, 0.1) is 66.7 Å². The van der Waals surface area contributed by atoms with Crippen molar-refractivity contribution < 1.29 is 79.1 Å². The van der Waals surface area contributed by atoms with Crippen LogP contribution in [0.5, 0.6) is 0 Å². The standard InChI is InChI=1S/C21H32O7.Ac/c1-9-11(22)7-21(27)10(2)16-19(5,12(23)6-13-20(16,26)8-28-13)17(25)15(24)14(9)18(21,3)4;/h10-13,15-16,22-24,26-27H,6-8H2,1-5H3;/t10-,11-,12-,13+,15+,16?,19+,20-,21+;/m0./s1. The van der Waals surface area contributed by atoms with E-state index in [2.05, 4.69) is 0 Å². The molecule has 3 fully saturated rings. The van der Waals surface area contributed by atoms with E-state index in [-0.39, 0.29) is 63.5 Å². The van der Waals surface area contributed by atoms with Gasteiger partial charge in [0.25, 0.3) is 0 Å². The molecule has 0 aromatic carbocycles. The van der Waals surface area contributed by atoms with E-state index in [1.807, 2.05) is 0 Å². The van der Waals surface area contributed by atoms with Crippen molar-refractivity contribution in [2.45, 2.75) is 83.1 Å². The smallest absolute Gasteiger partial charge is 0.174 e. The molecule has 1 aliphatic heterocycles. The van der Waals surface area contributed by atoms with Crippen molar-refractivity contribution in [2.75, 3.05) is 6.61 Å². The maximum absolute atomic E-state index is 13.6. The first kappa shape index (κ1) is 24.3. The molecule has 9 atom stereocenters. The molecule has 1 radical (unpaired) electrons. The average Bonchev–Trinajstić information content (AvgIpc) is 2.60. The summed E-state index contributed by atoms with van der Waals surface area (Å²) in [4.78, 5) is 13.6. The Labute approximate surface area is 207 Å². The second kappa shape index (κ2) is 7.05. The Hall–Kier alpha value is 0.612. The van der Waals surface area contributed by atoms with Crippen LogP contribution in [0.2, 0.25) is 0 Å². The zero-order chi connectivity index (χ0) is 21.0. The van der Waals surface area contributed by atoms with Crippen molar-refractivity contribution in [3.63, 3.8) is 0 Å². The Morgan fingerprint density at radius 2 is 1.69 bits per heavy atom. The summed E-state index contributed by atoms with van der Waals surface area (Å²) in [6, 6.07) is 0. The Balaban J connectivity index is 0.00000240. The van der Waals surface area contributed by atoms with Crippen LogP contribution in [0.3, 0.4) is 0 Å². The second-order valence-electron chi connectivity index (χ2n) is 10.2. The molecule has 0 aromatic rings. The third kappa shape index (κ3) is 2.70. The molecule has 0 amide bonds. The van der Waals surface area contributed by atoms with Crippen LogP contribution in [-0.4, -0.2) is 73.5 Å². The first-order valence-corrected chi connectivity index (χ1v) is 10.1. The molecule has 2 bridgehead atoms. The summed E-state index contributed by atoms with van der Waals surface area (Å²) in [7, 11) is 0. The predicted octanol–water partition coefficient (Wildman–Crippen LogP) is -0.0785. The van der Waals surface area contributed by atoms with E-state index >= 15 is 0 Å². The summed E-state index contributed by atoms with van der Waals surface area (Å²) in [6.45, 7) is 8.58. The van der Waals surface area contributed by atoms with Crippen LogP contribution >= 0.6 is 0 Å². The fourth-order valence-electron chi connectivity index (χ4n) is 7.00. The molecule has 2 saturated carbocycles. The number of hydrogen-bond donors (Lipinski definition) is 5. The number of aliphatic hydroxyl groups is 5. The summed E-state index contributed by atoms with van der Waals surface area (Å²) in [5, 5.41) is 56.1. The summed E-state index contributed by atoms with van der Waals surface area (Å²) in [5.41, 5.74) is -4.54. The zero-order valence-electron chi connectivity index (χ0n) is 17.7. The van der Waals surface area contributed by atoms with Gasteiger partial charge in [-0.05, 0) is 30.9 Å². The van der Waals surface area contributed by atoms with E-state index in [1.165, 1.54) is 0 Å². The first-order valence-electron chi connectivity index (χ1n) is 10.1. The average molecular weight is 623 g/mol. The van der Waals surface area contributed by atoms with Crippen molar-refractivity contribution in [1.29, 1.82) is 0 Å².